The van der Waals surface area contributed by atoms with Gasteiger partial charge in [-0.15, -0.1) is 0 Å². The van der Waals surface area contributed by atoms with Crippen LogP contribution in [0.15, 0.2) is 47.6 Å². The summed E-state index contributed by atoms with van der Waals surface area (Å²) < 4.78 is 16.3. The van der Waals surface area contributed by atoms with Crippen LogP contribution in [0.1, 0.15) is 19.4 Å². The lowest BCUT2D eigenvalue weighted by atomic mass is 10.2. The van der Waals surface area contributed by atoms with E-state index in [1.54, 1.807) is 50.4 Å². The zero-order chi connectivity index (χ0) is 18.9. The predicted octanol–water partition coefficient (Wildman–Crippen LogP) is 3.66. The molecule has 138 valence electrons. The Hall–Kier alpha value is -2.73. The summed E-state index contributed by atoms with van der Waals surface area (Å²) in [6.07, 6.45) is 0.814. The highest BCUT2D eigenvalue weighted by atomic mass is 35.5. The zero-order valence-corrected chi connectivity index (χ0v) is 15.6. The fourth-order valence-electron chi connectivity index (χ4n) is 2.07. The molecule has 0 aliphatic rings. The van der Waals surface area contributed by atoms with E-state index in [0.29, 0.717) is 28.9 Å². The maximum absolute atomic E-state index is 12.0. The maximum atomic E-state index is 12.0. The molecule has 0 heterocycles. The summed E-state index contributed by atoms with van der Waals surface area (Å²) in [6, 6.07) is 12.2. The summed E-state index contributed by atoms with van der Waals surface area (Å²) in [5.41, 5.74) is 3.21. The highest BCUT2D eigenvalue weighted by Crippen LogP contribution is 2.27. The first-order valence-electron chi connectivity index (χ1n) is 8.09. The van der Waals surface area contributed by atoms with Gasteiger partial charge in [0.25, 0.3) is 5.91 Å². The Morgan fingerprint density at radius 2 is 1.96 bits per heavy atom. The molecule has 0 fully saturated rings. The van der Waals surface area contributed by atoms with E-state index in [2.05, 4.69) is 10.5 Å². The van der Waals surface area contributed by atoms with E-state index in [4.69, 9.17) is 25.8 Å². The van der Waals surface area contributed by atoms with E-state index in [1.807, 2.05) is 13.0 Å². The van der Waals surface area contributed by atoms with Gasteiger partial charge < -0.3 is 14.2 Å². The van der Waals surface area contributed by atoms with Crippen molar-refractivity contribution in [2.75, 3.05) is 13.7 Å². The largest absolute Gasteiger partial charge is 0.493 e. The Bertz CT molecular complexity index is 763. The van der Waals surface area contributed by atoms with E-state index in [9.17, 15) is 4.79 Å². The summed E-state index contributed by atoms with van der Waals surface area (Å²) in [5.74, 6) is 1.44. The van der Waals surface area contributed by atoms with Crippen molar-refractivity contribution < 1.29 is 19.0 Å². The monoisotopic (exact) mass is 376 g/mol. The molecule has 0 aliphatic heterocycles. The number of hydrogen-bond donors (Lipinski definition) is 1. The smallest absolute Gasteiger partial charge is 0.280 e. The average Bonchev–Trinajstić information content (AvgIpc) is 2.64. The van der Waals surface area contributed by atoms with Gasteiger partial charge in [-0.25, -0.2) is 5.43 Å². The lowest BCUT2D eigenvalue weighted by molar-refractivity contribution is -0.127. The molecule has 0 spiro atoms. The number of benzene rings is 2. The summed E-state index contributed by atoms with van der Waals surface area (Å²) in [4.78, 5) is 12.0. The summed E-state index contributed by atoms with van der Waals surface area (Å²) in [5, 5.41) is 4.55. The van der Waals surface area contributed by atoms with Gasteiger partial charge in [-0.05, 0) is 61.9 Å². The molecule has 0 saturated heterocycles. The van der Waals surface area contributed by atoms with Crippen LogP contribution in [-0.2, 0) is 4.79 Å². The molecule has 2 rings (SSSR count). The van der Waals surface area contributed by atoms with Crippen LogP contribution in [0.4, 0.5) is 0 Å². The molecule has 0 aromatic heterocycles. The van der Waals surface area contributed by atoms with Crippen molar-refractivity contribution in [2.24, 2.45) is 5.10 Å². The first kappa shape index (κ1) is 19.6. The Balaban J connectivity index is 1.92. The normalized spacial score (nSPS) is 11.8. The summed E-state index contributed by atoms with van der Waals surface area (Å²) >= 11 is 5.82. The molecule has 6 nitrogen and oxygen atoms in total. The highest BCUT2D eigenvalue weighted by Gasteiger charge is 2.13. The molecule has 26 heavy (non-hydrogen) atoms. The fraction of sp³-hybridized carbons (Fsp3) is 0.263. The van der Waals surface area contributed by atoms with Gasteiger partial charge >= 0.3 is 0 Å². The standard InChI is InChI=1S/C19H21ClN2O4/c1-4-25-17-10-5-14(11-18(17)24-3)12-21-22-19(23)13(2)26-16-8-6-15(20)7-9-16/h5-13H,4H2,1-3H3,(H,22,23)/t13-/m1/s1. The average molecular weight is 377 g/mol. The van der Waals surface area contributed by atoms with Gasteiger partial charge in [0.2, 0.25) is 0 Å². The van der Waals surface area contributed by atoms with Gasteiger partial charge in [-0.3, -0.25) is 4.79 Å². The second-order valence-corrected chi connectivity index (χ2v) is 5.73. The number of ether oxygens (including phenoxy) is 3. The van der Waals surface area contributed by atoms with Crippen LogP contribution in [0.2, 0.25) is 5.02 Å². The number of nitrogens with zero attached hydrogens (tertiary/aromatic N) is 1. The molecule has 7 heteroatoms. The van der Waals surface area contributed by atoms with Crippen molar-refractivity contribution in [3.05, 3.63) is 53.1 Å². The van der Waals surface area contributed by atoms with E-state index in [-0.39, 0.29) is 5.91 Å². The van der Waals surface area contributed by atoms with Crippen LogP contribution in [0.5, 0.6) is 17.2 Å². The SMILES string of the molecule is CCOc1ccc(C=NNC(=O)[C@@H](C)Oc2ccc(Cl)cc2)cc1OC. The van der Waals surface area contributed by atoms with Crippen molar-refractivity contribution in [2.45, 2.75) is 20.0 Å². The van der Waals surface area contributed by atoms with Crippen LogP contribution >= 0.6 is 11.6 Å². The van der Waals surface area contributed by atoms with Crippen molar-refractivity contribution in [1.29, 1.82) is 0 Å². The molecular formula is C19H21ClN2O4. The van der Waals surface area contributed by atoms with E-state index in [0.717, 1.165) is 5.56 Å². The highest BCUT2D eigenvalue weighted by molar-refractivity contribution is 6.30. The molecule has 1 N–H and O–H groups in total. The van der Waals surface area contributed by atoms with Crippen molar-refractivity contribution in [3.8, 4) is 17.2 Å². The van der Waals surface area contributed by atoms with E-state index in [1.165, 1.54) is 6.21 Å². The number of hydrazone groups is 1. The van der Waals surface area contributed by atoms with Crippen LogP contribution in [0.25, 0.3) is 0 Å². The number of hydrogen-bond acceptors (Lipinski definition) is 5. The molecule has 0 bridgehead atoms. The number of methoxy groups -OCH3 is 1. The zero-order valence-electron chi connectivity index (χ0n) is 14.9. The fourth-order valence-corrected chi connectivity index (χ4v) is 2.20. The molecule has 0 saturated carbocycles. The van der Waals surface area contributed by atoms with Crippen LogP contribution < -0.4 is 19.6 Å². The molecule has 2 aromatic rings. The van der Waals surface area contributed by atoms with Crippen LogP contribution in [-0.4, -0.2) is 31.9 Å². The summed E-state index contributed by atoms with van der Waals surface area (Å²) in [6.45, 7) is 4.09. The molecular weight excluding hydrogens is 356 g/mol. The van der Waals surface area contributed by atoms with Crippen molar-refractivity contribution in [3.63, 3.8) is 0 Å². The van der Waals surface area contributed by atoms with Gasteiger partial charge in [0.05, 0.1) is 19.9 Å². The quantitative estimate of drug-likeness (QED) is 0.563. The number of halogens is 1. The van der Waals surface area contributed by atoms with Crippen LogP contribution in [0.3, 0.4) is 0 Å². The van der Waals surface area contributed by atoms with Crippen molar-refractivity contribution >= 4 is 23.7 Å². The lowest BCUT2D eigenvalue weighted by Gasteiger charge is -2.13. The molecule has 0 unspecified atom stereocenters. The number of nitrogens with one attached hydrogen (secondary N) is 1. The second kappa shape index (κ2) is 9.68. The predicted molar refractivity (Wildman–Crippen MR) is 101 cm³/mol. The van der Waals surface area contributed by atoms with E-state index < -0.39 is 6.10 Å². The molecule has 1 amide bonds. The third-order valence-electron chi connectivity index (χ3n) is 3.37. The maximum Gasteiger partial charge on any atom is 0.280 e. The third kappa shape index (κ3) is 5.67. The minimum absolute atomic E-state index is 0.367. The van der Waals surface area contributed by atoms with E-state index >= 15 is 0 Å². The lowest BCUT2D eigenvalue weighted by Crippen LogP contribution is -2.33. The Morgan fingerprint density at radius 1 is 1.23 bits per heavy atom. The molecule has 2 aromatic carbocycles. The molecule has 0 aliphatic carbocycles. The van der Waals surface area contributed by atoms with Gasteiger partial charge in [0, 0.05) is 5.02 Å². The Labute approximate surface area is 157 Å². The van der Waals surface area contributed by atoms with Crippen LogP contribution in [0, 0.1) is 0 Å². The topological polar surface area (TPSA) is 69.2 Å². The second-order valence-electron chi connectivity index (χ2n) is 5.29. The number of carbonyl (C=O) groups excluding carboxylic acids is 1. The Kier molecular flexibility index (Phi) is 7.29. The van der Waals surface area contributed by atoms with Gasteiger partial charge in [0.15, 0.2) is 17.6 Å². The first-order valence-corrected chi connectivity index (χ1v) is 8.47. The van der Waals surface area contributed by atoms with Gasteiger partial charge in [-0.1, -0.05) is 11.6 Å². The minimum atomic E-state index is -0.705. The summed E-state index contributed by atoms with van der Waals surface area (Å²) in [7, 11) is 1.57. The van der Waals surface area contributed by atoms with Crippen molar-refractivity contribution in [1.82, 2.24) is 5.43 Å². The number of carbonyl (C=O) groups is 1. The molecule has 0 radical (unpaired) electrons. The first-order chi connectivity index (χ1) is 12.5. The number of amides is 1. The van der Waals surface area contributed by atoms with Gasteiger partial charge in [0.1, 0.15) is 5.75 Å². The Morgan fingerprint density at radius 3 is 2.62 bits per heavy atom. The number of rotatable bonds is 8. The van der Waals surface area contributed by atoms with Gasteiger partial charge in [-0.2, -0.15) is 5.10 Å². The molecule has 1 atom stereocenters. The third-order valence-corrected chi connectivity index (χ3v) is 3.62. The minimum Gasteiger partial charge on any atom is -0.493 e.